The van der Waals surface area contributed by atoms with Gasteiger partial charge in [0, 0.05) is 44.5 Å². The van der Waals surface area contributed by atoms with Crippen LogP contribution in [-0.2, 0) is 11.3 Å². The number of nitrogens with zero attached hydrogens (tertiary/aromatic N) is 4. The number of morpholine rings is 1. The Morgan fingerprint density at radius 3 is 2.76 bits per heavy atom. The van der Waals surface area contributed by atoms with Crippen LogP contribution < -0.4 is 10.2 Å². The summed E-state index contributed by atoms with van der Waals surface area (Å²) in [5, 5.41) is 3.46. The average Bonchev–Trinajstić information content (AvgIpc) is 2.67. The molecule has 0 aromatic carbocycles. The minimum Gasteiger partial charge on any atom is -0.378 e. The van der Waals surface area contributed by atoms with Crippen molar-refractivity contribution in [3.63, 3.8) is 0 Å². The van der Waals surface area contributed by atoms with E-state index in [0.717, 1.165) is 63.6 Å². The van der Waals surface area contributed by atoms with Gasteiger partial charge in [0.1, 0.15) is 5.82 Å². The van der Waals surface area contributed by atoms with E-state index in [2.05, 4.69) is 40.0 Å². The van der Waals surface area contributed by atoms with E-state index in [4.69, 9.17) is 9.73 Å². The summed E-state index contributed by atoms with van der Waals surface area (Å²) >= 11 is 0. The topological polar surface area (TPSA) is 53.0 Å². The summed E-state index contributed by atoms with van der Waals surface area (Å²) in [6.07, 6.45) is 4.36. The molecule has 2 saturated heterocycles. The molecular weight excluding hydrogens is 314 g/mol. The fraction of sp³-hybridized carbons (Fsp3) is 0.684. The molecule has 0 atom stereocenters. The molecule has 0 amide bonds. The molecule has 2 fully saturated rings. The molecule has 3 heterocycles. The lowest BCUT2D eigenvalue weighted by atomic mass is 10.00. The zero-order valence-electron chi connectivity index (χ0n) is 15.6. The summed E-state index contributed by atoms with van der Waals surface area (Å²) in [5.74, 6) is 2.91. The number of ether oxygens (including phenoxy) is 1. The Morgan fingerprint density at radius 1 is 1.28 bits per heavy atom. The maximum atomic E-state index is 5.47. The molecule has 1 aromatic rings. The number of hydrogen-bond acceptors (Lipinski definition) is 4. The second-order valence-electron chi connectivity index (χ2n) is 6.93. The van der Waals surface area contributed by atoms with Gasteiger partial charge in [0.2, 0.25) is 0 Å². The summed E-state index contributed by atoms with van der Waals surface area (Å²) in [6.45, 7) is 11.6. The highest BCUT2D eigenvalue weighted by atomic mass is 16.5. The third-order valence-electron chi connectivity index (χ3n) is 5.00. The zero-order chi connectivity index (χ0) is 17.5. The molecule has 1 N–H and O–H groups in total. The average molecular weight is 345 g/mol. The fourth-order valence-corrected chi connectivity index (χ4v) is 3.42. The van der Waals surface area contributed by atoms with Crippen LogP contribution in [0.3, 0.4) is 0 Å². The van der Waals surface area contributed by atoms with Crippen molar-refractivity contribution in [1.82, 2.24) is 15.2 Å². The van der Waals surface area contributed by atoms with Crippen molar-refractivity contribution in [1.29, 1.82) is 0 Å². The van der Waals surface area contributed by atoms with Gasteiger partial charge in [0.25, 0.3) is 0 Å². The van der Waals surface area contributed by atoms with Crippen molar-refractivity contribution in [2.75, 3.05) is 50.8 Å². The van der Waals surface area contributed by atoms with E-state index >= 15 is 0 Å². The number of aromatic nitrogens is 1. The minimum atomic E-state index is 0.662. The second-order valence-corrected chi connectivity index (χ2v) is 6.93. The normalized spacial score (nSPS) is 20.0. The lowest BCUT2D eigenvalue weighted by Crippen LogP contribution is -2.45. The van der Waals surface area contributed by atoms with Crippen LogP contribution in [0.2, 0.25) is 0 Å². The largest absolute Gasteiger partial charge is 0.378 e. The predicted molar refractivity (Wildman–Crippen MR) is 102 cm³/mol. The monoisotopic (exact) mass is 345 g/mol. The molecule has 6 nitrogen and oxygen atoms in total. The highest BCUT2D eigenvalue weighted by molar-refractivity contribution is 5.80. The van der Waals surface area contributed by atoms with Crippen LogP contribution >= 0.6 is 0 Å². The summed E-state index contributed by atoms with van der Waals surface area (Å²) in [4.78, 5) is 14.2. The van der Waals surface area contributed by atoms with Gasteiger partial charge in [-0.3, -0.25) is 0 Å². The number of pyridine rings is 1. The maximum absolute atomic E-state index is 5.47. The van der Waals surface area contributed by atoms with Crippen LogP contribution in [0.15, 0.2) is 23.3 Å². The number of rotatable bonds is 4. The molecule has 1 aromatic heterocycles. The zero-order valence-corrected chi connectivity index (χ0v) is 15.6. The summed E-state index contributed by atoms with van der Waals surface area (Å²) in [6, 6.07) is 4.15. The quantitative estimate of drug-likeness (QED) is 0.669. The number of hydrogen-bond donors (Lipinski definition) is 1. The molecule has 0 saturated carbocycles. The number of piperidine rings is 1. The predicted octanol–water partition coefficient (Wildman–Crippen LogP) is 2.12. The molecule has 0 aliphatic carbocycles. The van der Waals surface area contributed by atoms with Crippen LogP contribution in [0, 0.1) is 5.92 Å². The Balaban J connectivity index is 1.72. The van der Waals surface area contributed by atoms with Gasteiger partial charge in [0.15, 0.2) is 5.96 Å². The molecule has 0 unspecified atom stereocenters. The molecule has 6 heteroatoms. The van der Waals surface area contributed by atoms with Crippen molar-refractivity contribution < 1.29 is 4.74 Å². The van der Waals surface area contributed by atoms with Crippen LogP contribution in [0.25, 0.3) is 0 Å². The molecule has 0 spiro atoms. The van der Waals surface area contributed by atoms with E-state index in [1.54, 1.807) is 0 Å². The van der Waals surface area contributed by atoms with Gasteiger partial charge in [-0.1, -0.05) is 13.0 Å². The standard InChI is InChI=1S/C19H31N5O/c1-3-20-19(24-9-6-16(2)7-10-24)22-15-17-5-4-8-21-18(17)23-11-13-25-14-12-23/h4-5,8,16H,3,6-7,9-15H2,1-2H3,(H,20,22). The molecule has 0 radical (unpaired) electrons. The van der Waals surface area contributed by atoms with Crippen molar-refractivity contribution >= 4 is 11.8 Å². The first-order valence-electron chi connectivity index (χ1n) is 9.57. The van der Waals surface area contributed by atoms with Gasteiger partial charge in [-0.2, -0.15) is 0 Å². The van der Waals surface area contributed by atoms with Gasteiger partial charge < -0.3 is 19.9 Å². The highest BCUT2D eigenvalue weighted by Gasteiger charge is 2.19. The van der Waals surface area contributed by atoms with Gasteiger partial charge in [0.05, 0.1) is 19.8 Å². The van der Waals surface area contributed by atoms with E-state index < -0.39 is 0 Å². The Kier molecular flexibility index (Phi) is 6.50. The molecule has 2 aliphatic heterocycles. The van der Waals surface area contributed by atoms with Gasteiger partial charge in [-0.05, 0) is 31.7 Å². The third kappa shape index (κ3) is 4.84. The van der Waals surface area contributed by atoms with Crippen molar-refractivity contribution in [2.45, 2.75) is 33.2 Å². The van der Waals surface area contributed by atoms with Crippen LogP contribution in [0.5, 0.6) is 0 Å². The van der Waals surface area contributed by atoms with Gasteiger partial charge >= 0.3 is 0 Å². The number of aliphatic imine (C=N–C) groups is 1. The molecule has 138 valence electrons. The highest BCUT2D eigenvalue weighted by Crippen LogP contribution is 2.20. The smallest absolute Gasteiger partial charge is 0.194 e. The number of nitrogens with one attached hydrogen (secondary N) is 1. The van der Waals surface area contributed by atoms with Gasteiger partial charge in [-0.15, -0.1) is 0 Å². The molecule has 2 aliphatic rings. The van der Waals surface area contributed by atoms with Crippen molar-refractivity contribution in [3.05, 3.63) is 23.9 Å². The Labute approximate surface area is 151 Å². The summed E-state index contributed by atoms with van der Waals surface area (Å²) < 4.78 is 5.47. The first-order chi connectivity index (χ1) is 12.3. The molecule has 0 bridgehead atoms. The van der Waals surface area contributed by atoms with E-state index in [1.165, 1.54) is 18.4 Å². The fourth-order valence-electron chi connectivity index (χ4n) is 3.42. The molecule has 3 rings (SSSR count). The number of guanidine groups is 1. The van der Waals surface area contributed by atoms with Crippen LogP contribution in [0.4, 0.5) is 5.82 Å². The number of anilines is 1. The van der Waals surface area contributed by atoms with Crippen molar-refractivity contribution in [2.24, 2.45) is 10.9 Å². The Hall–Kier alpha value is -1.82. The third-order valence-corrected chi connectivity index (χ3v) is 5.00. The van der Waals surface area contributed by atoms with Gasteiger partial charge in [-0.25, -0.2) is 9.98 Å². The summed E-state index contributed by atoms with van der Waals surface area (Å²) in [5.41, 5.74) is 1.19. The molecule has 25 heavy (non-hydrogen) atoms. The Morgan fingerprint density at radius 2 is 2.04 bits per heavy atom. The Bertz CT molecular complexity index is 563. The number of likely N-dealkylation sites (tertiary alicyclic amines) is 1. The lowest BCUT2D eigenvalue weighted by Gasteiger charge is -2.33. The van der Waals surface area contributed by atoms with E-state index in [-0.39, 0.29) is 0 Å². The van der Waals surface area contributed by atoms with E-state index in [0.29, 0.717) is 6.54 Å². The molecular formula is C19H31N5O. The van der Waals surface area contributed by atoms with Crippen molar-refractivity contribution in [3.8, 4) is 0 Å². The van der Waals surface area contributed by atoms with Crippen LogP contribution in [-0.4, -0.2) is 61.8 Å². The van der Waals surface area contributed by atoms with E-state index in [1.807, 2.05) is 12.3 Å². The lowest BCUT2D eigenvalue weighted by molar-refractivity contribution is 0.122. The minimum absolute atomic E-state index is 0.662. The summed E-state index contributed by atoms with van der Waals surface area (Å²) in [7, 11) is 0. The SMILES string of the molecule is CCNC(=NCc1cccnc1N1CCOCC1)N1CCC(C)CC1. The maximum Gasteiger partial charge on any atom is 0.194 e. The first-order valence-corrected chi connectivity index (χ1v) is 9.57. The van der Waals surface area contributed by atoms with Crippen LogP contribution in [0.1, 0.15) is 32.3 Å². The second kappa shape index (κ2) is 9.04. The van der Waals surface area contributed by atoms with E-state index in [9.17, 15) is 0 Å². The first kappa shape index (κ1) is 18.0.